The van der Waals surface area contributed by atoms with Gasteiger partial charge in [-0.3, -0.25) is 4.39 Å². The Hall–Kier alpha value is -1.52. The van der Waals surface area contributed by atoms with Gasteiger partial charge in [0, 0.05) is 0 Å². The van der Waals surface area contributed by atoms with Crippen LogP contribution < -0.4 is 4.74 Å². The van der Waals surface area contributed by atoms with E-state index in [0.29, 0.717) is 18.3 Å². The summed E-state index contributed by atoms with van der Waals surface area (Å²) in [5.74, 6) is 1.39. The maximum Gasteiger partial charge on any atom is 0.387 e. The highest BCUT2D eigenvalue weighted by Crippen LogP contribution is 2.44. The normalized spacial score (nSPS) is 28.2. The van der Waals surface area contributed by atoms with Crippen LogP contribution in [0.1, 0.15) is 75.7 Å². The van der Waals surface area contributed by atoms with Crippen molar-refractivity contribution in [2.45, 2.75) is 76.7 Å². The zero-order chi connectivity index (χ0) is 20.6. The summed E-state index contributed by atoms with van der Waals surface area (Å²) in [6, 6.07) is 4.42. The lowest BCUT2D eigenvalue weighted by atomic mass is 9.68. The van der Waals surface area contributed by atoms with Gasteiger partial charge in [0.15, 0.2) is 11.6 Å². The van der Waals surface area contributed by atoms with E-state index in [0.717, 1.165) is 49.5 Å². The van der Waals surface area contributed by atoms with Crippen LogP contribution in [0, 0.1) is 23.6 Å². The molecule has 3 rings (SSSR count). The van der Waals surface area contributed by atoms with Crippen LogP contribution in [0.25, 0.3) is 0 Å². The van der Waals surface area contributed by atoms with E-state index < -0.39 is 12.4 Å². The van der Waals surface area contributed by atoms with E-state index in [-0.39, 0.29) is 12.4 Å². The first-order valence-electron chi connectivity index (χ1n) is 11.0. The molecule has 1 aromatic rings. The van der Waals surface area contributed by atoms with Gasteiger partial charge in [-0.05, 0) is 106 Å². The molecule has 0 aromatic heterocycles. The SMILES string of the molecule is FCCC/C=C/[C@H]1CC[C@H](C2CCC(c3ccc(OC(F)F)c(F)c3)CC2)CC1. The predicted molar refractivity (Wildman–Crippen MR) is 108 cm³/mol. The summed E-state index contributed by atoms with van der Waals surface area (Å²) in [6.45, 7) is -3.24. The molecule has 0 heterocycles. The van der Waals surface area contributed by atoms with Crippen molar-refractivity contribution in [3.63, 3.8) is 0 Å². The lowest BCUT2D eigenvalue weighted by molar-refractivity contribution is -0.0522. The van der Waals surface area contributed by atoms with Gasteiger partial charge in [0.25, 0.3) is 0 Å². The van der Waals surface area contributed by atoms with Gasteiger partial charge in [0.05, 0.1) is 6.67 Å². The maximum absolute atomic E-state index is 14.0. The molecule has 29 heavy (non-hydrogen) atoms. The Labute approximate surface area is 171 Å². The first-order valence-corrected chi connectivity index (χ1v) is 11.0. The monoisotopic (exact) mass is 412 g/mol. The van der Waals surface area contributed by atoms with E-state index in [1.165, 1.54) is 37.8 Å². The van der Waals surface area contributed by atoms with E-state index in [1.54, 1.807) is 6.07 Å². The van der Waals surface area contributed by atoms with Crippen molar-refractivity contribution in [2.24, 2.45) is 17.8 Å². The van der Waals surface area contributed by atoms with Gasteiger partial charge < -0.3 is 4.74 Å². The Morgan fingerprint density at radius 2 is 1.62 bits per heavy atom. The minimum atomic E-state index is -3.01. The summed E-state index contributed by atoms with van der Waals surface area (Å²) in [5.41, 5.74) is 0.893. The zero-order valence-corrected chi connectivity index (χ0v) is 17.0. The van der Waals surface area contributed by atoms with E-state index in [4.69, 9.17) is 0 Å². The molecule has 162 valence electrons. The first kappa shape index (κ1) is 22.2. The molecule has 0 radical (unpaired) electrons. The molecule has 2 saturated carbocycles. The number of hydrogen-bond acceptors (Lipinski definition) is 1. The Morgan fingerprint density at radius 1 is 0.966 bits per heavy atom. The number of rotatable bonds is 8. The standard InChI is InChI=1S/C24H32F4O/c25-15-3-1-2-4-17-5-7-18(8-6-17)19-9-11-20(12-10-19)21-13-14-23(22(26)16-21)29-24(27)28/h2,4,13-14,16-20,24H,1,3,5-12,15H2/b4-2+/t17-,18-,19?,20?. The number of hydrogen-bond donors (Lipinski definition) is 0. The van der Waals surface area contributed by atoms with Crippen LogP contribution >= 0.6 is 0 Å². The quantitative estimate of drug-likeness (QED) is 0.240. The predicted octanol–water partition coefficient (Wildman–Crippen LogP) is 7.81. The Morgan fingerprint density at radius 3 is 2.21 bits per heavy atom. The number of allylic oxidation sites excluding steroid dienone is 2. The fourth-order valence-corrected chi connectivity index (χ4v) is 5.18. The molecule has 1 aromatic carbocycles. The van der Waals surface area contributed by atoms with Crippen LogP contribution in [-0.2, 0) is 0 Å². The molecule has 0 atom stereocenters. The number of alkyl halides is 3. The van der Waals surface area contributed by atoms with Gasteiger partial charge in [-0.25, -0.2) is 4.39 Å². The molecular formula is C24H32F4O. The van der Waals surface area contributed by atoms with Crippen LogP contribution in [0.15, 0.2) is 30.4 Å². The van der Waals surface area contributed by atoms with Crippen LogP contribution in [-0.4, -0.2) is 13.3 Å². The van der Waals surface area contributed by atoms with Gasteiger partial charge in [-0.15, -0.1) is 0 Å². The van der Waals surface area contributed by atoms with Crippen molar-refractivity contribution < 1.29 is 22.3 Å². The molecule has 0 bridgehead atoms. The number of benzene rings is 1. The summed E-state index contributed by atoms with van der Waals surface area (Å²) < 4.78 is 54.9. The third-order valence-corrected chi connectivity index (χ3v) is 6.81. The number of unbranched alkanes of at least 4 members (excludes halogenated alkanes) is 1. The third-order valence-electron chi connectivity index (χ3n) is 6.81. The van der Waals surface area contributed by atoms with E-state index >= 15 is 0 Å². The smallest absolute Gasteiger partial charge is 0.387 e. The highest BCUT2D eigenvalue weighted by atomic mass is 19.3. The third kappa shape index (κ3) is 6.48. The van der Waals surface area contributed by atoms with Gasteiger partial charge in [-0.1, -0.05) is 18.2 Å². The van der Waals surface area contributed by atoms with Crippen molar-refractivity contribution in [1.29, 1.82) is 0 Å². The highest BCUT2D eigenvalue weighted by molar-refractivity contribution is 5.31. The Kier molecular flexibility index (Phi) is 8.43. The first-order chi connectivity index (χ1) is 14.1. The molecule has 2 aliphatic carbocycles. The summed E-state index contributed by atoms with van der Waals surface area (Å²) in [6.07, 6.45) is 15.3. The van der Waals surface area contributed by atoms with Gasteiger partial charge in [0.2, 0.25) is 0 Å². The van der Waals surface area contributed by atoms with Gasteiger partial charge in [0.1, 0.15) is 0 Å². The molecule has 0 spiro atoms. The topological polar surface area (TPSA) is 9.23 Å². The molecule has 0 amide bonds. The lowest BCUT2D eigenvalue weighted by Crippen LogP contribution is -2.25. The molecule has 2 fully saturated rings. The second-order valence-electron chi connectivity index (χ2n) is 8.61. The molecule has 0 N–H and O–H groups in total. The lowest BCUT2D eigenvalue weighted by Gasteiger charge is -2.37. The maximum atomic E-state index is 14.0. The van der Waals surface area contributed by atoms with Crippen molar-refractivity contribution in [1.82, 2.24) is 0 Å². The Bertz CT molecular complexity index is 644. The molecule has 1 nitrogen and oxygen atoms in total. The molecule has 0 unspecified atom stereocenters. The number of ether oxygens (including phenoxy) is 1. The van der Waals surface area contributed by atoms with E-state index in [9.17, 15) is 17.6 Å². The summed E-state index contributed by atoms with van der Waals surface area (Å²) in [7, 11) is 0. The van der Waals surface area contributed by atoms with Crippen molar-refractivity contribution in [3.8, 4) is 5.75 Å². The molecular weight excluding hydrogens is 380 g/mol. The van der Waals surface area contributed by atoms with Gasteiger partial charge >= 0.3 is 6.61 Å². The fourth-order valence-electron chi connectivity index (χ4n) is 5.18. The Balaban J connectivity index is 1.44. The molecule has 0 aliphatic heterocycles. The van der Waals surface area contributed by atoms with Crippen molar-refractivity contribution in [3.05, 3.63) is 41.7 Å². The summed E-state index contributed by atoms with van der Waals surface area (Å²) in [5, 5.41) is 0. The van der Waals surface area contributed by atoms with Crippen LogP contribution in [0.2, 0.25) is 0 Å². The molecule has 0 saturated heterocycles. The van der Waals surface area contributed by atoms with Crippen LogP contribution in [0.4, 0.5) is 17.6 Å². The van der Waals surface area contributed by atoms with E-state index in [2.05, 4.69) is 16.9 Å². The average Bonchev–Trinajstić information content (AvgIpc) is 2.73. The van der Waals surface area contributed by atoms with Gasteiger partial charge in [-0.2, -0.15) is 8.78 Å². The summed E-state index contributed by atoms with van der Waals surface area (Å²) in [4.78, 5) is 0. The zero-order valence-electron chi connectivity index (χ0n) is 17.0. The minimum Gasteiger partial charge on any atom is -0.432 e. The largest absolute Gasteiger partial charge is 0.432 e. The van der Waals surface area contributed by atoms with Crippen LogP contribution in [0.5, 0.6) is 5.75 Å². The van der Waals surface area contributed by atoms with Crippen molar-refractivity contribution in [2.75, 3.05) is 6.67 Å². The summed E-state index contributed by atoms with van der Waals surface area (Å²) >= 11 is 0. The fraction of sp³-hybridized carbons (Fsp3) is 0.667. The molecule has 2 aliphatic rings. The second-order valence-corrected chi connectivity index (χ2v) is 8.61. The minimum absolute atomic E-state index is 0.236. The highest BCUT2D eigenvalue weighted by Gasteiger charge is 2.31. The van der Waals surface area contributed by atoms with Crippen LogP contribution in [0.3, 0.4) is 0 Å². The van der Waals surface area contributed by atoms with Crippen molar-refractivity contribution >= 4 is 0 Å². The number of halogens is 4. The second kappa shape index (κ2) is 11.0. The van der Waals surface area contributed by atoms with E-state index in [1.807, 2.05) is 0 Å². The average molecular weight is 413 g/mol. The molecule has 5 heteroatoms.